The molecule has 108 valence electrons. The fourth-order valence-corrected chi connectivity index (χ4v) is 2.97. The second kappa shape index (κ2) is 5.93. The molecular weight excluding hydrogens is 335 g/mol. The average molecular weight is 349 g/mol. The molecule has 1 fully saturated rings. The van der Waals surface area contributed by atoms with Gasteiger partial charge in [0, 0.05) is 34.7 Å². The first-order valence-corrected chi connectivity index (χ1v) is 7.59. The van der Waals surface area contributed by atoms with Gasteiger partial charge in [-0.3, -0.25) is 9.78 Å². The molecule has 21 heavy (non-hydrogen) atoms. The summed E-state index contributed by atoms with van der Waals surface area (Å²) in [4.78, 5) is 16.0. The van der Waals surface area contributed by atoms with E-state index in [0.29, 0.717) is 6.42 Å². The molecule has 1 saturated heterocycles. The van der Waals surface area contributed by atoms with E-state index in [1.807, 2.05) is 12.1 Å². The maximum atomic E-state index is 13.2. The smallest absolute Gasteiger partial charge is 0.220 e. The lowest BCUT2D eigenvalue weighted by atomic mass is 9.87. The second-order valence-electron chi connectivity index (χ2n) is 5.14. The average Bonchev–Trinajstić information content (AvgIpc) is 2.90. The zero-order chi connectivity index (χ0) is 14.8. The summed E-state index contributed by atoms with van der Waals surface area (Å²) in [5.41, 5.74) is 1.83. The summed E-state index contributed by atoms with van der Waals surface area (Å²) in [6.07, 6.45) is 3.03. The number of amides is 1. The van der Waals surface area contributed by atoms with E-state index in [-0.39, 0.29) is 23.7 Å². The van der Waals surface area contributed by atoms with Crippen molar-refractivity contribution in [2.45, 2.75) is 24.8 Å². The Morgan fingerprint density at radius 2 is 2.00 bits per heavy atom. The lowest BCUT2D eigenvalue weighted by Gasteiger charge is -2.23. The molecule has 2 atom stereocenters. The van der Waals surface area contributed by atoms with Crippen LogP contribution in [0.5, 0.6) is 0 Å². The highest BCUT2D eigenvalue weighted by molar-refractivity contribution is 9.10. The molecule has 2 heterocycles. The largest absolute Gasteiger partial charge is 0.352 e. The van der Waals surface area contributed by atoms with Crippen molar-refractivity contribution < 1.29 is 9.18 Å². The first-order chi connectivity index (χ1) is 10.1. The van der Waals surface area contributed by atoms with E-state index in [1.54, 1.807) is 18.3 Å². The number of benzene rings is 1. The van der Waals surface area contributed by atoms with E-state index >= 15 is 0 Å². The molecule has 1 aliphatic heterocycles. The minimum Gasteiger partial charge on any atom is -0.352 e. The highest BCUT2D eigenvalue weighted by Crippen LogP contribution is 2.31. The van der Waals surface area contributed by atoms with Gasteiger partial charge in [0.2, 0.25) is 5.91 Å². The van der Waals surface area contributed by atoms with Gasteiger partial charge in [-0.1, -0.05) is 12.1 Å². The van der Waals surface area contributed by atoms with E-state index in [9.17, 15) is 9.18 Å². The molecule has 0 spiro atoms. The molecule has 0 aliphatic carbocycles. The van der Waals surface area contributed by atoms with E-state index in [2.05, 4.69) is 26.2 Å². The monoisotopic (exact) mass is 348 g/mol. The number of aromatic nitrogens is 1. The Hall–Kier alpha value is -1.75. The standard InChI is InChI=1S/C16H14BrFN2O/c17-11-3-6-13(19-9-11)16(14-7-8-15(21)20-14)10-1-4-12(18)5-2-10/h1-6,9,14,16H,7-8H2,(H,20,21)/t14-,16+/m1/s1. The minimum absolute atomic E-state index is 0.00311. The van der Waals surface area contributed by atoms with E-state index in [4.69, 9.17) is 0 Å². The van der Waals surface area contributed by atoms with Crippen LogP contribution >= 0.6 is 15.9 Å². The van der Waals surface area contributed by atoms with Gasteiger partial charge in [0.15, 0.2) is 0 Å². The predicted octanol–water partition coefficient (Wildman–Crippen LogP) is 3.39. The fourth-order valence-electron chi connectivity index (χ4n) is 2.74. The molecule has 1 N–H and O–H groups in total. The van der Waals surface area contributed by atoms with E-state index in [0.717, 1.165) is 22.2 Å². The van der Waals surface area contributed by atoms with Crippen LogP contribution in [0.1, 0.15) is 30.0 Å². The van der Waals surface area contributed by atoms with Crippen LogP contribution in [-0.4, -0.2) is 16.9 Å². The number of carbonyl (C=O) groups excluding carboxylic acids is 1. The summed E-state index contributed by atoms with van der Waals surface area (Å²) < 4.78 is 14.1. The number of hydrogen-bond acceptors (Lipinski definition) is 2. The van der Waals surface area contributed by atoms with Gasteiger partial charge in [-0.15, -0.1) is 0 Å². The molecule has 5 heteroatoms. The summed E-state index contributed by atoms with van der Waals surface area (Å²) in [6, 6.07) is 10.3. The summed E-state index contributed by atoms with van der Waals surface area (Å²) in [6.45, 7) is 0. The Balaban J connectivity index is 1.99. The van der Waals surface area contributed by atoms with Crippen LogP contribution in [0.4, 0.5) is 4.39 Å². The molecule has 0 radical (unpaired) electrons. The minimum atomic E-state index is -0.267. The predicted molar refractivity (Wildman–Crippen MR) is 81.3 cm³/mol. The Bertz CT molecular complexity index is 597. The lowest BCUT2D eigenvalue weighted by molar-refractivity contribution is -0.119. The van der Waals surface area contributed by atoms with Crippen molar-refractivity contribution >= 4 is 21.8 Å². The SMILES string of the molecule is O=C1CC[C@H]([C@@H](c2ccc(F)cc2)c2ccc(Br)cn2)N1. The zero-order valence-electron chi connectivity index (χ0n) is 11.2. The number of rotatable bonds is 3. The molecule has 1 amide bonds. The first-order valence-electron chi connectivity index (χ1n) is 6.80. The van der Waals surface area contributed by atoms with E-state index < -0.39 is 0 Å². The molecule has 0 unspecified atom stereocenters. The van der Waals surface area contributed by atoms with E-state index in [1.165, 1.54) is 12.1 Å². The first kappa shape index (κ1) is 14.2. The number of nitrogens with one attached hydrogen (secondary N) is 1. The summed E-state index contributed by atoms with van der Waals surface area (Å²) in [5.74, 6) is -0.272. The van der Waals surface area contributed by atoms with Crippen LogP contribution in [-0.2, 0) is 4.79 Å². The van der Waals surface area contributed by atoms with Crippen LogP contribution in [0.15, 0.2) is 47.1 Å². The van der Waals surface area contributed by atoms with Crippen LogP contribution in [0.3, 0.4) is 0 Å². The quantitative estimate of drug-likeness (QED) is 0.923. The molecule has 3 nitrogen and oxygen atoms in total. The summed E-state index contributed by atoms with van der Waals surface area (Å²) in [7, 11) is 0. The number of carbonyl (C=O) groups is 1. The topological polar surface area (TPSA) is 42.0 Å². The van der Waals surface area contributed by atoms with Crippen molar-refractivity contribution in [1.29, 1.82) is 0 Å². The number of nitrogens with zero attached hydrogens (tertiary/aromatic N) is 1. The van der Waals surface area contributed by atoms with Gasteiger partial charge < -0.3 is 5.32 Å². The van der Waals surface area contributed by atoms with Crippen molar-refractivity contribution in [1.82, 2.24) is 10.3 Å². The molecule has 1 aromatic carbocycles. The van der Waals surface area contributed by atoms with Crippen molar-refractivity contribution in [3.63, 3.8) is 0 Å². The Morgan fingerprint density at radius 1 is 1.24 bits per heavy atom. The van der Waals surface area contributed by atoms with Gasteiger partial charge in [-0.05, 0) is 52.2 Å². The second-order valence-corrected chi connectivity index (χ2v) is 6.06. The van der Waals surface area contributed by atoms with Crippen molar-refractivity contribution in [3.05, 3.63) is 64.1 Å². The van der Waals surface area contributed by atoms with Crippen molar-refractivity contribution in [2.75, 3.05) is 0 Å². The molecule has 1 aliphatic rings. The van der Waals surface area contributed by atoms with Gasteiger partial charge >= 0.3 is 0 Å². The van der Waals surface area contributed by atoms with Crippen molar-refractivity contribution in [3.8, 4) is 0 Å². The molecule has 3 rings (SSSR count). The summed E-state index contributed by atoms with van der Waals surface area (Å²) >= 11 is 3.37. The maximum absolute atomic E-state index is 13.2. The Labute approximate surface area is 130 Å². The van der Waals surface area contributed by atoms with Crippen LogP contribution in [0.2, 0.25) is 0 Å². The van der Waals surface area contributed by atoms with Gasteiger partial charge in [0.05, 0.1) is 0 Å². The normalized spacial score (nSPS) is 19.3. The number of halogens is 2. The third-order valence-corrected chi connectivity index (χ3v) is 4.20. The van der Waals surface area contributed by atoms with Gasteiger partial charge in [0.25, 0.3) is 0 Å². The number of hydrogen-bond donors (Lipinski definition) is 1. The fraction of sp³-hybridized carbons (Fsp3) is 0.250. The Kier molecular flexibility index (Phi) is 4.01. The highest BCUT2D eigenvalue weighted by Gasteiger charge is 2.31. The van der Waals surface area contributed by atoms with Crippen LogP contribution < -0.4 is 5.32 Å². The maximum Gasteiger partial charge on any atom is 0.220 e. The molecule has 1 aromatic heterocycles. The molecular formula is C16H14BrFN2O. The number of pyridine rings is 1. The van der Waals surface area contributed by atoms with Crippen LogP contribution in [0.25, 0.3) is 0 Å². The third-order valence-electron chi connectivity index (χ3n) is 3.73. The molecule has 0 bridgehead atoms. The van der Waals surface area contributed by atoms with Crippen LogP contribution in [0, 0.1) is 5.82 Å². The molecule has 0 saturated carbocycles. The zero-order valence-corrected chi connectivity index (χ0v) is 12.8. The highest BCUT2D eigenvalue weighted by atomic mass is 79.9. The molecule has 2 aromatic rings. The van der Waals surface area contributed by atoms with Gasteiger partial charge in [-0.25, -0.2) is 4.39 Å². The Morgan fingerprint density at radius 3 is 2.57 bits per heavy atom. The third kappa shape index (κ3) is 3.13. The van der Waals surface area contributed by atoms with Gasteiger partial charge in [-0.2, -0.15) is 0 Å². The summed E-state index contributed by atoms with van der Waals surface area (Å²) in [5, 5.41) is 3.00. The van der Waals surface area contributed by atoms with Gasteiger partial charge in [0.1, 0.15) is 5.82 Å². The lowest BCUT2D eigenvalue weighted by Crippen LogP contribution is -2.32. The van der Waals surface area contributed by atoms with Crippen molar-refractivity contribution in [2.24, 2.45) is 0 Å².